The fraction of sp³-hybridized carbons (Fsp3) is 0.222. The van der Waals surface area contributed by atoms with Gasteiger partial charge in [-0.15, -0.1) is 0 Å². The molecule has 0 unspecified atom stereocenters. The zero-order chi connectivity index (χ0) is 15.9. The number of ketones is 1. The lowest BCUT2D eigenvalue weighted by Crippen LogP contribution is -2.34. The maximum Gasteiger partial charge on any atom is 0.264 e. The van der Waals surface area contributed by atoms with E-state index in [1.54, 1.807) is 29.2 Å². The molecule has 1 amide bonds. The Morgan fingerprint density at radius 3 is 2.27 bits per heavy atom. The zero-order valence-electron chi connectivity index (χ0n) is 12.8. The summed E-state index contributed by atoms with van der Waals surface area (Å²) < 4.78 is 5.55. The van der Waals surface area contributed by atoms with Crippen LogP contribution in [0.4, 0.5) is 5.69 Å². The summed E-state index contributed by atoms with van der Waals surface area (Å²) in [5, 5.41) is 0. The predicted octanol–water partition coefficient (Wildman–Crippen LogP) is 3.32. The second kappa shape index (κ2) is 7.41. The third kappa shape index (κ3) is 3.73. The first-order valence-electron chi connectivity index (χ1n) is 7.21. The van der Waals surface area contributed by atoms with Crippen molar-refractivity contribution < 1.29 is 14.3 Å². The minimum absolute atomic E-state index is 0.0848. The highest BCUT2D eigenvalue weighted by Gasteiger charge is 2.15. The molecule has 0 aliphatic carbocycles. The topological polar surface area (TPSA) is 46.6 Å². The van der Waals surface area contributed by atoms with E-state index in [4.69, 9.17) is 4.74 Å². The van der Waals surface area contributed by atoms with Gasteiger partial charge in [0.15, 0.2) is 12.4 Å². The summed E-state index contributed by atoms with van der Waals surface area (Å²) in [7, 11) is 0. The molecule has 0 atom stereocenters. The SMILES string of the molecule is CCN(C(=O)COc1ccccc1C(C)=O)c1ccccc1. The Morgan fingerprint density at radius 2 is 1.64 bits per heavy atom. The molecule has 22 heavy (non-hydrogen) atoms. The number of carbonyl (C=O) groups is 2. The molecule has 0 saturated heterocycles. The summed E-state index contributed by atoms with van der Waals surface area (Å²) in [6, 6.07) is 16.4. The van der Waals surface area contributed by atoms with Crippen LogP contribution < -0.4 is 9.64 Å². The summed E-state index contributed by atoms with van der Waals surface area (Å²) in [5.74, 6) is 0.206. The summed E-state index contributed by atoms with van der Waals surface area (Å²) >= 11 is 0. The number of anilines is 1. The largest absolute Gasteiger partial charge is 0.483 e. The van der Waals surface area contributed by atoms with Crippen LogP contribution in [0.1, 0.15) is 24.2 Å². The van der Waals surface area contributed by atoms with E-state index in [9.17, 15) is 9.59 Å². The molecule has 0 N–H and O–H groups in total. The molecule has 4 nitrogen and oxygen atoms in total. The smallest absolute Gasteiger partial charge is 0.264 e. The van der Waals surface area contributed by atoms with Crippen molar-refractivity contribution >= 4 is 17.4 Å². The first-order chi connectivity index (χ1) is 10.6. The van der Waals surface area contributed by atoms with Crippen LogP contribution in [0.2, 0.25) is 0 Å². The number of amides is 1. The van der Waals surface area contributed by atoms with Gasteiger partial charge in [0.1, 0.15) is 5.75 Å². The van der Waals surface area contributed by atoms with E-state index in [0.717, 1.165) is 5.69 Å². The zero-order valence-corrected chi connectivity index (χ0v) is 12.8. The molecular weight excluding hydrogens is 278 g/mol. The van der Waals surface area contributed by atoms with Gasteiger partial charge in [0.05, 0.1) is 5.56 Å². The Kier molecular flexibility index (Phi) is 5.31. The van der Waals surface area contributed by atoms with Crippen molar-refractivity contribution in [1.82, 2.24) is 0 Å². The van der Waals surface area contributed by atoms with Crippen LogP contribution in [0.3, 0.4) is 0 Å². The van der Waals surface area contributed by atoms with Crippen molar-refractivity contribution in [2.24, 2.45) is 0 Å². The number of rotatable bonds is 6. The normalized spacial score (nSPS) is 10.1. The number of para-hydroxylation sites is 2. The Morgan fingerprint density at radius 1 is 1.00 bits per heavy atom. The number of Topliss-reactive ketones (excluding diaryl/α,β-unsaturated/α-hetero) is 1. The second-order valence-corrected chi connectivity index (χ2v) is 4.81. The van der Waals surface area contributed by atoms with E-state index >= 15 is 0 Å². The molecule has 2 rings (SSSR count). The van der Waals surface area contributed by atoms with Crippen molar-refractivity contribution in [2.45, 2.75) is 13.8 Å². The lowest BCUT2D eigenvalue weighted by Gasteiger charge is -2.21. The van der Waals surface area contributed by atoms with Gasteiger partial charge in [-0.2, -0.15) is 0 Å². The van der Waals surface area contributed by atoms with Gasteiger partial charge in [0.2, 0.25) is 0 Å². The maximum atomic E-state index is 12.3. The standard InChI is InChI=1S/C18H19NO3/c1-3-19(15-9-5-4-6-10-15)18(21)13-22-17-12-8-7-11-16(17)14(2)20/h4-12H,3,13H2,1-2H3. The fourth-order valence-electron chi connectivity index (χ4n) is 2.21. The van der Waals surface area contributed by atoms with Crippen molar-refractivity contribution in [3.05, 3.63) is 60.2 Å². The minimum Gasteiger partial charge on any atom is -0.483 e. The summed E-state index contributed by atoms with van der Waals surface area (Å²) in [5.41, 5.74) is 1.32. The Bertz CT molecular complexity index is 652. The van der Waals surface area contributed by atoms with Crippen molar-refractivity contribution in [1.29, 1.82) is 0 Å². The van der Waals surface area contributed by atoms with E-state index < -0.39 is 0 Å². The third-order valence-electron chi connectivity index (χ3n) is 3.30. The molecule has 0 aliphatic rings. The molecule has 114 valence electrons. The molecule has 0 bridgehead atoms. The average Bonchev–Trinajstić information content (AvgIpc) is 2.55. The van der Waals surface area contributed by atoms with E-state index in [0.29, 0.717) is 17.9 Å². The molecule has 0 heterocycles. The molecule has 0 spiro atoms. The molecule has 0 aliphatic heterocycles. The van der Waals surface area contributed by atoms with Gasteiger partial charge in [-0.05, 0) is 38.1 Å². The number of hydrogen-bond acceptors (Lipinski definition) is 3. The number of nitrogens with zero attached hydrogens (tertiary/aromatic N) is 1. The van der Waals surface area contributed by atoms with Crippen LogP contribution in [0.5, 0.6) is 5.75 Å². The van der Waals surface area contributed by atoms with E-state index in [1.807, 2.05) is 37.3 Å². The van der Waals surface area contributed by atoms with Crippen LogP contribution in [0.25, 0.3) is 0 Å². The summed E-state index contributed by atoms with van der Waals surface area (Å²) in [6.07, 6.45) is 0. The van der Waals surface area contributed by atoms with Crippen molar-refractivity contribution in [3.8, 4) is 5.75 Å². The average molecular weight is 297 g/mol. The van der Waals surface area contributed by atoms with Crippen LogP contribution >= 0.6 is 0 Å². The molecule has 0 aromatic heterocycles. The summed E-state index contributed by atoms with van der Waals surface area (Å²) in [4.78, 5) is 25.5. The van der Waals surface area contributed by atoms with Gasteiger partial charge in [0, 0.05) is 12.2 Å². The minimum atomic E-state index is -0.146. The Hall–Kier alpha value is -2.62. The third-order valence-corrected chi connectivity index (χ3v) is 3.30. The number of ether oxygens (including phenoxy) is 1. The van der Waals surface area contributed by atoms with Crippen molar-refractivity contribution in [2.75, 3.05) is 18.1 Å². The molecule has 0 saturated carbocycles. The van der Waals surface area contributed by atoms with E-state index in [2.05, 4.69) is 0 Å². The quantitative estimate of drug-likeness (QED) is 0.768. The lowest BCUT2D eigenvalue weighted by atomic mass is 10.1. The van der Waals surface area contributed by atoms with Gasteiger partial charge in [-0.1, -0.05) is 30.3 Å². The van der Waals surface area contributed by atoms with Gasteiger partial charge < -0.3 is 9.64 Å². The summed E-state index contributed by atoms with van der Waals surface area (Å²) in [6.45, 7) is 3.84. The van der Waals surface area contributed by atoms with Crippen LogP contribution in [-0.2, 0) is 4.79 Å². The molecule has 0 radical (unpaired) electrons. The van der Waals surface area contributed by atoms with Crippen LogP contribution in [0, 0.1) is 0 Å². The number of carbonyl (C=O) groups excluding carboxylic acids is 2. The second-order valence-electron chi connectivity index (χ2n) is 4.81. The molecular formula is C18H19NO3. The number of likely N-dealkylation sites (N-methyl/N-ethyl adjacent to an activating group) is 1. The van der Waals surface area contributed by atoms with Crippen molar-refractivity contribution in [3.63, 3.8) is 0 Å². The molecule has 2 aromatic carbocycles. The van der Waals surface area contributed by atoms with Gasteiger partial charge >= 0.3 is 0 Å². The Labute approximate surface area is 130 Å². The highest BCUT2D eigenvalue weighted by Crippen LogP contribution is 2.19. The lowest BCUT2D eigenvalue weighted by molar-refractivity contribution is -0.120. The maximum absolute atomic E-state index is 12.3. The number of hydrogen-bond donors (Lipinski definition) is 0. The number of benzene rings is 2. The van der Waals surface area contributed by atoms with Crippen LogP contribution in [-0.4, -0.2) is 24.8 Å². The fourth-order valence-corrected chi connectivity index (χ4v) is 2.21. The highest BCUT2D eigenvalue weighted by molar-refractivity contribution is 5.97. The van der Waals surface area contributed by atoms with Gasteiger partial charge in [-0.25, -0.2) is 0 Å². The monoisotopic (exact) mass is 297 g/mol. The Balaban J connectivity index is 2.08. The molecule has 0 fully saturated rings. The predicted molar refractivity (Wildman–Crippen MR) is 86.4 cm³/mol. The van der Waals surface area contributed by atoms with Gasteiger partial charge in [0.25, 0.3) is 5.91 Å². The first kappa shape index (κ1) is 15.8. The highest BCUT2D eigenvalue weighted by atomic mass is 16.5. The van der Waals surface area contributed by atoms with E-state index in [1.165, 1.54) is 6.92 Å². The molecule has 4 heteroatoms. The van der Waals surface area contributed by atoms with Crippen LogP contribution in [0.15, 0.2) is 54.6 Å². The van der Waals surface area contributed by atoms with Gasteiger partial charge in [-0.3, -0.25) is 9.59 Å². The van der Waals surface area contributed by atoms with E-state index in [-0.39, 0.29) is 18.3 Å². The molecule has 2 aromatic rings. The first-order valence-corrected chi connectivity index (χ1v) is 7.21.